The van der Waals surface area contributed by atoms with E-state index in [2.05, 4.69) is 0 Å². The molecule has 0 saturated carbocycles. The molecule has 0 unspecified atom stereocenters. The Kier molecular flexibility index (Phi) is 2.41. The van der Waals surface area contributed by atoms with Crippen molar-refractivity contribution in [2.45, 2.75) is 6.92 Å². The number of benzene rings is 1. The average Bonchev–Trinajstić information content (AvgIpc) is 2.04. The molecule has 0 spiro atoms. The maximum absolute atomic E-state index is 10.7. The highest BCUT2D eigenvalue weighted by atomic mass is 16.5. The number of hydrogen-bond donors (Lipinski definition) is 2. The highest BCUT2D eigenvalue weighted by Gasteiger charge is 2.12. The zero-order valence-corrected chi connectivity index (χ0v) is 7.50. The molecule has 4 heteroatoms. The van der Waals surface area contributed by atoms with Crippen molar-refractivity contribution in [2.75, 3.05) is 12.8 Å². The van der Waals surface area contributed by atoms with Gasteiger partial charge in [0.15, 0.2) is 0 Å². The van der Waals surface area contributed by atoms with E-state index in [1.54, 1.807) is 6.92 Å². The van der Waals surface area contributed by atoms with Gasteiger partial charge in [0, 0.05) is 5.56 Å². The molecular formula is C9H11NO3. The Morgan fingerprint density at radius 3 is 2.62 bits per heavy atom. The third-order valence-electron chi connectivity index (χ3n) is 1.87. The smallest absolute Gasteiger partial charge is 0.336 e. The first-order valence-corrected chi connectivity index (χ1v) is 3.74. The molecule has 0 atom stereocenters. The number of carboxylic acids is 1. The lowest BCUT2D eigenvalue weighted by Gasteiger charge is -2.09. The van der Waals surface area contributed by atoms with E-state index >= 15 is 0 Å². The van der Waals surface area contributed by atoms with Crippen molar-refractivity contribution < 1.29 is 14.6 Å². The summed E-state index contributed by atoms with van der Waals surface area (Å²) < 4.78 is 4.98. The average molecular weight is 181 g/mol. The minimum atomic E-state index is -0.976. The lowest BCUT2D eigenvalue weighted by Crippen LogP contribution is -2.03. The number of anilines is 1. The third-order valence-corrected chi connectivity index (χ3v) is 1.87. The van der Waals surface area contributed by atoms with Crippen LogP contribution in [0.1, 0.15) is 15.9 Å². The molecule has 70 valence electrons. The predicted octanol–water partition coefficient (Wildman–Crippen LogP) is 1.28. The van der Waals surface area contributed by atoms with Crippen LogP contribution in [0.15, 0.2) is 12.1 Å². The summed E-state index contributed by atoms with van der Waals surface area (Å²) in [5.41, 5.74) is 6.80. The van der Waals surface area contributed by atoms with Gasteiger partial charge in [0.25, 0.3) is 0 Å². The second-order valence-corrected chi connectivity index (χ2v) is 2.67. The van der Waals surface area contributed by atoms with Crippen molar-refractivity contribution in [3.05, 3.63) is 23.3 Å². The zero-order valence-electron chi connectivity index (χ0n) is 7.50. The van der Waals surface area contributed by atoms with Crippen LogP contribution in [0.2, 0.25) is 0 Å². The quantitative estimate of drug-likeness (QED) is 0.674. The molecule has 0 aliphatic rings. The molecule has 3 N–H and O–H groups in total. The van der Waals surface area contributed by atoms with Crippen molar-refractivity contribution in [3.63, 3.8) is 0 Å². The van der Waals surface area contributed by atoms with Gasteiger partial charge in [-0.15, -0.1) is 0 Å². The van der Waals surface area contributed by atoms with Gasteiger partial charge in [-0.3, -0.25) is 0 Å². The number of rotatable bonds is 2. The molecule has 0 bridgehead atoms. The van der Waals surface area contributed by atoms with E-state index in [0.717, 1.165) is 0 Å². The zero-order chi connectivity index (χ0) is 10.0. The van der Waals surface area contributed by atoms with Crippen LogP contribution in [0.3, 0.4) is 0 Å². The van der Waals surface area contributed by atoms with E-state index < -0.39 is 5.97 Å². The number of nitrogens with two attached hydrogens (primary N) is 1. The normalized spacial score (nSPS) is 9.69. The number of hydrogen-bond acceptors (Lipinski definition) is 3. The summed E-state index contributed by atoms with van der Waals surface area (Å²) in [6.07, 6.45) is 0. The Labute approximate surface area is 75.9 Å². The molecule has 0 saturated heterocycles. The van der Waals surface area contributed by atoms with Gasteiger partial charge in [0.1, 0.15) is 5.75 Å². The van der Waals surface area contributed by atoms with E-state index in [9.17, 15) is 4.79 Å². The number of carbonyl (C=O) groups is 1. The standard InChI is InChI=1S/C9H11NO3/c1-5-6(9(11)12)3-4-7(10)8(5)13-2/h3-4H,10H2,1-2H3,(H,11,12). The van der Waals surface area contributed by atoms with Crippen LogP contribution in [0.5, 0.6) is 5.75 Å². The van der Waals surface area contributed by atoms with Crippen molar-refractivity contribution in [2.24, 2.45) is 0 Å². The van der Waals surface area contributed by atoms with Crippen LogP contribution in [0.25, 0.3) is 0 Å². The molecule has 0 amide bonds. The fourth-order valence-electron chi connectivity index (χ4n) is 1.22. The molecule has 13 heavy (non-hydrogen) atoms. The predicted molar refractivity (Wildman–Crippen MR) is 49.1 cm³/mol. The molecule has 0 radical (unpaired) electrons. The first kappa shape index (κ1) is 9.38. The van der Waals surface area contributed by atoms with Crippen LogP contribution in [0, 0.1) is 6.92 Å². The van der Waals surface area contributed by atoms with Crippen molar-refractivity contribution in [1.29, 1.82) is 0 Å². The lowest BCUT2D eigenvalue weighted by molar-refractivity contribution is 0.0695. The molecule has 1 aromatic carbocycles. The Morgan fingerprint density at radius 1 is 1.54 bits per heavy atom. The van der Waals surface area contributed by atoms with Gasteiger partial charge in [0.05, 0.1) is 18.4 Å². The molecular weight excluding hydrogens is 170 g/mol. The largest absolute Gasteiger partial charge is 0.494 e. The summed E-state index contributed by atoms with van der Waals surface area (Å²) >= 11 is 0. The Morgan fingerprint density at radius 2 is 2.15 bits per heavy atom. The molecule has 0 aromatic heterocycles. The van der Waals surface area contributed by atoms with Gasteiger partial charge in [-0.1, -0.05) is 0 Å². The van der Waals surface area contributed by atoms with Crippen LogP contribution in [0.4, 0.5) is 5.69 Å². The van der Waals surface area contributed by atoms with Gasteiger partial charge in [0.2, 0.25) is 0 Å². The summed E-state index contributed by atoms with van der Waals surface area (Å²) in [5, 5.41) is 8.78. The van der Waals surface area contributed by atoms with E-state index in [1.807, 2.05) is 0 Å². The van der Waals surface area contributed by atoms with Gasteiger partial charge in [-0.05, 0) is 19.1 Å². The highest BCUT2D eigenvalue weighted by Crippen LogP contribution is 2.28. The summed E-state index contributed by atoms with van der Waals surface area (Å²) in [5.74, 6) is -0.546. The van der Waals surface area contributed by atoms with Crippen LogP contribution < -0.4 is 10.5 Å². The fourth-order valence-corrected chi connectivity index (χ4v) is 1.22. The van der Waals surface area contributed by atoms with Crippen molar-refractivity contribution in [1.82, 2.24) is 0 Å². The summed E-state index contributed by atoms with van der Waals surface area (Å²) in [7, 11) is 1.46. The minimum Gasteiger partial charge on any atom is -0.494 e. The van der Waals surface area contributed by atoms with Crippen LogP contribution >= 0.6 is 0 Å². The SMILES string of the molecule is COc1c(N)ccc(C(=O)O)c1C. The Balaban J connectivity index is 3.35. The maximum Gasteiger partial charge on any atom is 0.336 e. The van der Waals surface area contributed by atoms with Crippen LogP contribution in [-0.2, 0) is 0 Å². The lowest BCUT2D eigenvalue weighted by atomic mass is 10.1. The van der Waals surface area contributed by atoms with Gasteiger partial charge in [-0.25, -0.2) is 4.79 Å². The Bertz CT molecular complexity index is 347. The van der Waals surface area contributed by atoms with Crippen molar-refractivity contribution in [3.8, 4) is 5.75 Å². The molecule has 1 rings (SSSR count). The summed E-state index contributed by atoms with van der Waals surface area (Å²) in [6, 6.07) is 2.99. The topological polar surface area (TPSA) is 72.5 Å². The fraction of sp³-hybridized carbons (Fsp3) is 0.222. The summed E-state index contributed by atoms with van der Waals surface area (Å²) in [6.45, 7) is 1.67. The molecule has 1 aromatic rings. The number of aromatic carboxylic acids is 1. The number of carboxylic acid groups (broad SMARTS) is 1. The third kappa shape index (κ3) is 1.56. The highest BCUT2D eigenvalue weighted by molar-refractivity contribution is 5.91. The van der Waals surface area contributed by atoms with Gasteiger partial charge < -0.3 is 15.6 Å². The first-order chi connectivity index (χ1) is 6.07. The van der Waals surface area contributed by atoms with E-state index in [0.29, 0.717) is 17.0 Å². The van der Waals surface area contributed by atoms with Crippen molar-refractivity contribution >= 4 is 11.7 Å². The molecule has 0 fully saturated rings. The minimum absolute atomic E-state index is 0.214. The summed E-state index contributed by atoms with van der Waals surface area (Å²) in [4.78, 5) is 10.7. The monoisotopic (exact) mass is 181 g/mol. The second-order valence-electron chi connectivity index (χ2n) is 2.67. The number of methoxy groups -OCH3 is 1. The second kappa shape index (κ2) is 3.35. The maximum atomic E-state index is 10.7. The number of nitrogen functional groups attached to an aromatic ring is 1. The van der Waals surface area contributed by atoms with Gasteiger partial charge in [-0.2, -0.15) is 0 Å². The van der Waals surface area contributed by atoms with E-state index in [1.165, 1.54) is 19.2 Å². The van der Waals surface area contributed by atoms with Gasteiger partial charge >= 0.3 is 5.97 Å². The molecule has 4 nitrogen and oxygen atoms in total. The first-order valence-electron chi connectivity index (χ1n) is 3.74. The molecule has 0 heterocycles. The molecule has 0 aliphatic heterocycles. The van der Waals surface area contributed by atoms with Crippen LogP contribution in [-0.4, -0.2) is 18.2 Å². The number of ether oxygens (including phenoxy) is 1. The molecule has 0 aliphatic carbocycles. The Hall–Kier alpha value is -1.71. The van der Waals surface area contributed by atoms with E-state index in [4.69, 9.17) is 15.6 Å². The van der Waals surface area contributed by atoms with E-state index in [-0.39, 0.29) is 5.56 Å².